The lowest BCUT2D eigenvalue weighted by Gasteiger charge is -2.14. The maximum Gasteiger partial charge on any atom is 0.258 e. The third-order valence-electron chi connectivity index (χ3n) is 3.15. The lowest BCUT2D eigenvalue weighted by atomic mass is 10.2. The molecule has 6 nitrogen and oxygen atoms in total. The van der Waals surface area contributed by atoms with E-state index in [0.29, 0.717) is 17.2 Å². The SMILES string of the molecule is O=C1C=CC(=O)N1c1ccc(Oc2cccc(S(=O)O)c2)cc1. The van der Waals surface area contributed by atoms with E-state index in [2.05, 4.69) is 0 Å². The molecule has 1 atom stereocenters. The molecular formula is C16H11NO5S. The Kier molecular flexibility index (Phi) is 4.05. The summed E-state index contributed by atoms with van der Waals surface area (Å²) in [5, 5.41) is 0. The lowest BCUT2D eigenvalue weighted by Crippen LogP contribution is -2.29. The van der Waals surface area contributed by atoms with Crippen LogP contribution < -0.4 is 9.64 Å². The Labute approximate surface area is 134 Å². The summed E-state index contributed by atoms with van der Waals surface area (Å²) in [4.78, 5) is 24.5. The van der Waals surface area contributed by atoms with Crippen LogP contribution in [0.2, 0.25) is 0 Å². The zero-order chi connectivity index (χ0) is 16.4. The van der Waals surface area contributed by atoms with E-state index >= 15 is 0 Å². The number of benzene rings is 2. The molecule has 3 rings (SSSR count). The Morgan fingerprint density at radius 2 is 1.57 bits per heavy atom. The first kappa shape index (κ1) is 15.1. The summed E-state index contributed by atoms with van der Waals surface area (Å²) in [5.41, 5.74) is 0.447. The predicted octanol–water partition coefficient (Wildman–Crippen LogP) is 2.49. The largest absolute Gasteiger partial charge is 0.457 e. The van der Waals surface area contributed by atoms with Crippen LogP contribution in [0.4, 0.5) is 5.69 Å². The molecule has 0 fully saturated rings. The van der Waals surface area contributed by atoms with Crippen molar-refractivity contribution in [3.63, 3.8) is 0 Å². The molecule has 0 aromatic heterocycles. The van der Waals surface area contributed by atoms with Gasteiger partial charge in [0.25, 0.3) is 11.8 Å². The first-order valence-corrected chi connectivity index (χ1v) is 7.70. The van der Waals surface area contributed by atoms with Gasteiger partial charge in [-0.15, -0.1) is 0 Å². The van der Waals surface area contributed by atoms with Gasteiger partial charge < -0.3 is 9.29 Å². The number of rotatable bonds is 4. The standard InChI is InChI=1S/C16H11NO5S/c18-15-8-9-16(19)17(15)11-4-6-12(7-5-11)22-13-2-1-3-14(10-13)23(20)21/h1-10H,(H,20,21). The second-order valence-corrected chi connectivity index (χ2v) is 5.63. The molecule has 116 valence electrons. The van der Waals surface area contributed by atoms with Crippen molar-refractivity contribution in [3.05, 3.63) is 60.7 Å². The van der Waals surface area contributed by atoms with Crippen LogP contribution >= 0.6 is 0 Å². The molecule has 1 aliphatic rings. The summed E-state index contributed by atoms with van der Waals surface area (Å²) in [7, 11) is 0. The van der Waals surface area contributed by atoms with Crippen molar-refractivity contribution >= 4 is 28.6 Å². The monoisotopic (exact) mass is 329 g/mol. The topological polar surface area (TPSA) is 83.9 Å². The Balaban J connectivity index is 1.78. The molecule has 1 N–H and O–H groups in total. The minimum atomic E-state index is -2.08. The summed E-state index contributed by atoms with van der Waals surface area (Å²) < 4.78 is 25.7. The third-order valence-corrected chi connectivity index (χ3v) is 3.80. The second kappa shape index (κ2) is 6.15. The van der Waals surface area contributed by atoms with E-state index in [-0.39, 0.29) is 16.7 Å². The minimum Gasteiger partial charge on any atom is -0.457 e. The van der Waals surface area contributed by atoms with Crippen LogP contribution in [0.5, 0.6) is 11.5 Å². The number of carbonyl (C=O) groups excluding carboxylic acids is 2. The van der Waals surface area contributed by atoms with Crippen LogP contribution in [-0.4, -0.2) is 20.6 Å². The van der Waals surface area contributed by atoms with Gasteiger partial charge in [-0.2, -0.15) is 0 Å². The second-order valence-electron chi connectivity index (χ2n) is 4.67. The van der Waals surface area contributed by atoms with E-state index in [1.54, 1.807) is 36.4 Å². The summed E-state index contributed by atoms with van der Waals surface area (Å²) in [5.74, 6) is 0.109. The van der Waals surface area contributed by atoms with Crippen molar-refractivity contribution in [2.24, 2.45) is 0 Å². The fourth-order valence-electron chi connectivity index (χ4n) is 2.10. The maximum atomic E-state index is 11.6. The molecule has 23 heavy (non-hydrogen) atoms. The molecule has 0 saturated carbocycles. The molecule has 0 bridgehead atoms. The number of nitrogens with zero attached hydrogens (tertiary/aromatic N) is 1. The highest BCUT2D eigenvalue weighted by Crippen LogP contribution is 2.26. The number of carbonyl (C=O) groups is 2. The Hall–Kier alpha value is -2.77. The van der Waals surface area contributed by atoms with Crippen molar-refractivity contribution in [3.8, 4) is 11.5 Å². The lowest BCUT2D eigenvalue weighted by molar-refractivity contribution is -0.119. The smallest absolute Gasteiger partial charge is 0.258 e. The molecule has 0 radical (unpaired) electrons. The Bertz CT molecular complexity index is 811. The van der Waals surface area contributed by atoms with Gasteiger partial charge in [0.05, 0.1) is 10.6 Å². The van der Waals surface area contributed by atoms with Crippen LogP contribution in [0.1, 0.15) is 0 Å². The van der Waals surface area contributed by atoms with Gasteiger partial charge in [0.1, 0.15) is 11.5 Å². The van der Waals surface area contributed by atoms with Gasteiger partial charge in [0.15, 0.2) is 11.1 Å². The van der Waals surface area contributed by atoms with E-state index < -0.39 is 11.1 Å². The average Bonchev–Trinajstić information content (AvgIpc) is 2.87. The highest BCUT2D eigenvalue weighted by Gasteiger charge is 2.24. The first-order chi connectivity index (χ1) is 11.0. The number of amides is 2. The number of anilines is 1. The zero-order valence-electron chi connectivity index (χ0n) is 11.7. The quantitative estimate of drug-likeness (QED) is 0.688. The van der Waals surface area contributed by atoms with Crippen LogP contribution in [0.15, 0.2) is 65.6 Å². The van der Waals surface area contributed by atoms with Crippen molar-refractivity contribution < 1.29 is 23.1 Å². The van der Waals surface area contributed by atoms with Crippen LogP contribution in [0.3, 0.4) is 0 Å². The van der Waals surface area contributed by atoms with Gasteiger partial charge in [-0.1, -0.05) is 6.07 Å². The van der Waals surface area contributed by atoms with Gasteiger partial charge >= 0.3 is 0 Å². The summed E-state index contributed by atoms with van der Waals surface area (Å²) in [6.45, 7) is 0. The van der Waals surface area contributed by atoms with Crippen LogP contribution in [0.25, 0.3) is 0 Å². The van der Waals surface area contributed by atoms with Gasteiger partial charge in [-0.25, -0.2) is 9.11 Å². The molecule has 0 aliphatic carbocycles. The minimum absolute atomic E-state index is 0.235. The van der Waals surface area contributed by atoms with Gasteiger partial charge in [0, 0.05) is 12.2 Å². The van der Waals surface area contributed by atoms with Crippen LogP contribution in [0, 0.1) is 0 Å². The fourth-order valence-corrected chi connectivity index (χ4v) is 2.51. The van der Waals surface area contributed by atoms with Gasteiger partial charge in [-0.05, 0) is 42.5 Å². The fraction of sp³-hybridized carbons (Fsp3) is 0. The van der Waals surface area contributed by atoms with E-state index in [0.717, 1.165) is 4.90 Å². The third kappa shape index (κ3) is 3.20. The zero-order valence-corrected chi connectivity index (χ0v) is 12.5. The number of hydrogen-bond donors (Lipinski definition) is 1. The van der Waals surface area contributed by atoms with Crippen LogP contribution in [-0.2, 0) is 20.7 Å². The molecule has 1 unspecified atom stereocenters. The molecule has 2 amide bonds. The van der Waals surface area contributed by atoms with Gasteiger partial charge in [0.2, 0.25) is 0 Å². The molecule has 2 aromatic carbocycles. The van der Waals surface area contributed by atoms with Crippen molar-refractivity contribution in [1.82, 2.24) is 0 Å². The van der Waals surface area contributed by atoms with Crippen molar-refractivity contribution in [2.75, 3.05) is 4.90 Å². The Morgan fingerprint density at radius 1 is 0.913 bits per heavy atom. The number of hydrogen-bond acceptors (Lipinski definition) is 4. The molecule has 2 aromatic rings. The normalized spacial score (nSPS) is 15.1. The van der Waals surface area contributed by atoms with E-state index in [4.69, 9.17) is 9.29 Å². The van der Waals surface area contributed by atoms with Gasteiger partial charge in [-0.3, -0.25) is 9.59 Å². The molecule has 1 heterocycles. The average molecular weight is 329 g/mol. The molecular weight excluding hydrogens is 318 g/mol. The summed E-state index contributed by atoms with van der Waals surface area (Å²) >= 11 is -2.08. The number of imide groups is 1. The highest BCUT2D eigenvalue weighted by atomic mass is 32.2. The Morgan fingerprint density at radius 3 is 2.17 bits per heavy atom. The summed E-state index contributed by atoms with van der Waals surface area (Å²) in [6.07, 6.45) is 2.43. The van der Waals surface area contributed by atoms with E-state index in [1.807, 2.05) is 0 Å². The molecule has 0 saturated heterocycles. The van der Waals surface area contributed by atoms with E-state index in [9.17, 15) is 13.8 Å². The number of ether oxygens (including phenoxy) is 1. The maximum absolute atomic E-state index is 11.6. The predicted molar refractivity (Wildman–Crippen MR) is 83.6 cm³/mol. The highest BCUT2D eigenvalue weighted by molar-refractivity contribution is 7.79. The molecule has 1 aliphatic heterocycles. The molecule has 0 spiro atoms. The summed E-state index contributed by atoms with van der Waals surface area (Å²) in [6, 6.07) is 12.6. The molecule has 7 heteroatoms. The first-order valence-electron chi connectivity index (χ1n) is 6.59. The van der Waals surface area contributed by atoms with Crippen molar-refractivity contribution in [1.29, 1.82) is 0 Å². The van der Waals surface area contributed by atoms with Crippen molar-refractivity contribution in [2.45, 2.75) is 4.90 Å². The van der Waals surface area contributed by atoms with E-state index in [1.165, 1.54) is 24.3 Å².